The molecule has 4 rings (SSSR count). The number of piperidine rings is 1. The molecule has 1 atom stereocenters. The standard InChI is InChI=1S/C17H21N7O/c1-21-12-18-20-15(21)13-6-5-9-24(11-13)17(25)14-10-19-22(2)16(14)23-7-3-4-8-23/h3-4,7-8,10,12-13H,5-6,9,11H2,1-2H3/t13-/m0/s1. The highest BCUT2D eigenvalue weighted by Gasteiger charge is 2.30. The van der Waals surface area contributed by atoms with Gasteiger partial charge < -0.3 is 14.0 Å². The summed E-state index contributed by atoms with van der Waals surface area (Å²) in [6.45, 7) is 1.42. The van der Waals surface area contributed by atoms with Crippen molar-refractivity contribution in [3.63, 3.8) is 0 Å². The largest absolute Gasteiger partial charge is 0.338 e. The molecule has 1 aliphatic rings. The van der Waals surface area contributed by atoms with Crippen LogP contribution in [0.25, 0.3) is 5.82 Å². The van der Waals surface area contributed by atoms with Crippen molar-refractivity contribution in [3.8, 4) is 5.82 Å². The van der Waals surface area contributed by atoms with Gasteiger partial charge in [-0.05, 0) is 25.0 Å². The lowest BCUT2D eigenvalue weighted by atomic mass is 9.96. The van der Waals surface area contributed by atoms with Gasteiger partial charge in [0.2, 0.25) is 0 Å². The first-order valence-electron chi connectivity index (χ1n) is 8.43. The molecule has 1 saturated heterocycles. The third kappa shape index (κ3) is 2.73. The lowest BCUT2D eigenvalue weighted by molar-refractivity contribution is 0.0703. The van der Waals surface area contributed by atoms with E-state index in [2.05, 4.69) is 15.3 Å². The zero-order valence-corrected chi connectivity index (χ0v) is 14.4. The minimum atomic E-state index is 0.0173. The Morgan fingerprint density at radius 2 is 2.04 bits per heavy atom. The minimum Gasteiger partial charge on any atom is -0.338 e. The average Bonchev–Trinajstić information content (AvgIpc) is 3.35. The number of hydrogen-bond donors (Lipinski definition) is 0. The number of aryl methyl sites for hydroxylation is 2. The summed E-state index contributed by atoms with van der Waals surface area (Å²) in [5.41, 5.74) is 0.623. The maximum absolute atomic E-state index is 13.1. The van der Waals surface area contributed by atoms with Crippen LogP contribution in [0.5, 0.6) is 0 Å². The Labute approximate surface area is 145 Å². The van der Waals surface area contributed by atoms with E-state index in [0.29, 0.717) is 12.1 Å². The molecule has 4 heterocycles. The number of nitrogens with zero attached hydrogens (tertiary/aromatic N) is 7. The van der Waals surface area contributed by atoms with Crippen molar-refractivity contribution in [2.24, 2.45) is 14.1 Å². The Morgan fingerprint density at radius 1 is 1.24 bits per heavy atom. The third-order valence-electron chi connectivity index (χ3n) is 4.81. The Bertz CT molecular complexity index is 877. The van der Waals surface area contributed by atoms with Crippen molar-refractivity contribution in [2.75, 3.05) is 13.1 Å². The summed E-state index contributed by atoms with van der Waals surface area (Å²) in [5, 5.41) is 12.5. The van der Waals surface area contributed by atoms with Crippen molar-refractivity contribution in [2.45, 2.75) is 18.8 Å². The second kappa shape index (κ2) is 6.19. The average molecular weight is 339 g/mol. The quantitative estimate of drug-likeness (QED) is 0.722. The number of aromatic nitrogens is 6. The number of rotatable bonds is 3. The molecular weight excluding hydrogens is 318 g/mol. The van der Waals surface area contributed by atoms with Gasteiger partial charge in [-0.1, -0.05) is 0 Å². The van der Waals surface area contributed by atoms with Crippen molar-refractivity contribution < 1.29 is 4.79 Å². The first-order chi connectivity index (χ1) is 12.1. The molecule has 0 radical (unpaired) electrons. The van der Waals surface area contributed by atoms with E-state index in [1.807, 2.05) is 52.7 Å². The Hall–Kier alpha value is -2.90. The van der Waals surface area contributed by atoms with Gasteiger partial charge in [0.15, 0.2) is 0 Å². The van der Waals surface area contributed by atoms with Gasteiger partial charge in [0.25, 0.3) is 5.91 Å². The van der Waals surface area contributed by atoms with E-state index in [0.717, 1.165) is 31.0 Å². The molecule has 3 aromatic heterocycles. The predicted molar refractivity (Wildman–Crippen MR) is 91.4 cm³/mol. The molecule has 0 N–H and O–H groups in total. The van der Waals surface area contributed by atoms with Gasteiger partial charge in [-0.25, -0.2) is 0 Å². The first kappa shape index (κ1) is 15.6. The summed E-state index contributed by atoms with van der Waals surface area (Å²) in [4.78, 5) is 15.1. The zero-order valence-electron chi connectivity index (χ0n) is 14.4. The van der Waals surface area contributed by atoms with E-state index in [-0.39, 0.29) is 11.8 Å². The molecule has 1 fully saturated rings. The maximum atomic E-state index is 13.1. The number of carbonyl (C=O) groups is 1. The van der Waals surface area contributed by atoms with Gasteiger partial charge in [0, 0.05) is 45.5 Å². The molecule has 0 saturated carbocycles. The molecule has 25 heavy (non-hydrogen) atoms. The number of likely N-dealkylation sites (tertiary alicyclic amines) is 1. The van der Waals surface area contributed by atoms with Gasteiger partial charge in [-0.3, -0.25) is 9.48 Å². The van der Waals surface area contributed by atoms with E-state index in [4.69, 9.17) is 0 Å². The van der Waals surface area contributed by atoms with Crippen molar-refractivity contribution in [1.29, 1.82) is 0 Å². The van der Waals surface area contributed by atoms with E-state index in [1.165, 1.54) is 0 Å². The summed E-state index contributed by atoms with van der Waals surface area (Å²) in [5.74, 6) is 1.96. The Balaban J connectivity index is 1.60. The van der Waals surface area contributed by atoms with Gasteiger partial charge in [0.05, 0.1) is 6.20 Å². The Kier molecular flexibility index (Phi) is 3.87. The van der Waals surface area contributed by atoms with Crippen LogP contribution in [-0.4, -0.2) is 53.0 Å². The lowest BCUT2D eigenvalue weighted by Crippen LogP contribution is -2.40. The van der Waals surface area contributed by atoms with Crippen molar-refractivity contribution >= 4 is 5.91 Å². The molecule has 0 unspecified atom stereocenters. The van der Waals surface area contributed by atoms with Crippen molar-refractivity contribution in [1.82, 2.24) is 34.0 Å². The molecule has 0 aromatic carbocycles. The van der Waals surface area contributed by atoms with E-state index >= 15 is 0 Å². The van der Waals surface area contributed by atoms with Gasteiger partial charge in [-0.15, -0.1) is 10.2 Å². The van der Waals surface area contributed by atoms with Crippen LogP contribution in [-0.2, 0) is 14.1 Å². The molecule has 1 amide bonds. The number of amides is 1. The fraction of sp³-hybridized carbons (Fsp3) is 0.412. The van der Waals surface area contributed by atoms with Crippen LogP contribution >= 0.6 is 0 Å². The third-order valence-corrected chi connectivity index (χ3v) is 4.81. The van der Waals surface area contributed by atoms with Crippen molar-refractivity contribution in [3.05, 3.63) is 48.4 Å². The normalized spacial score (nSPS) is 17.8. The number of hydrogen-bond acceptors (Lipinski definition) is 4. The molecule has 1 aliphatic heterocycles. The molecule has 8 nitrogen and oxygen atoms in total. The monoisotopic (exact) mass is 339 g/mol. The van der Waals surface area contributed by atoms with E-state index < -0.39 is 0 Å². The molecule has 130 valence electrons. The first-order valence-corrected chi connectivity index (χ1v) is 8.43. The molecular formula is C17H21N7O. The summed E-state index contributed by atoms with van der Waals surface area (Å²) in [7, 11) is 3.80. The zero-order chi connectivity index (χ0) is 17.4. The summed E-state index contributed by atoms with van der Waals surface area (Å²) >= 11 is 0. The topological polar surface area (TPSA) is 73.8 Å². The van der Waals surface area contributed by atoms with Gasteiger partial charge in [-0.2, -0.15) is 5.10 Å². The van der Waals surface area contributed by atoms with Crippen LogP contribution in [0.4, 0.5) is 0 Å². The fourth-order valence-corrected chi connectivity index (χ4v) is 3.57. The van der Waals surface area contributed by atoms with Gasteiger partial charge >= 0.3 is 0 Å². The lowest BCUT2D eigenvalue weighted by Gasteiger charge is -2.32. The molecule has 8 heteroatoms. The summed E-state index contributed by atoms with van der Waals surface area (Å²) in [6, 6.07) is 3.87. The molecule has 0 aliphatic carbocycles. The van der Waals surface area contributed by atoms with Crippen LogP contribution in [0.2, 0.25) is 0 Å². The second-order valence-corrected chi connectivity index (χ2v) is 6.49. The van der Waals surface area contributed by atoms with Crippen LogP contribution in [0.15, 0.2) is 37.1 Å². The highest BCUT2D eigenvalue weighted by atomic mass is 16.2. The van der Waals surface area contributed by atoms with Crippen LogP contribution in [0.1, 0.15) is 34.9 Å². The second-order valence-electron chi connectivity index (χ2n) is 6.49. The smallest absolute Gasteiger partial charge is 0.259 e. The number of carbonyl (C=O) groups excluding carboxylic acids is 1. The summed E-state index contributed by atoms with van der Waals surface area (Å²) in [6.07, 6.45) is 9.19. The van der Waals surface area contributed by atoms with Gasteiger partial charge in [0.1, 0.15) is 23.5 Å². The summed E-state index contributed by atoms with van der Waals surface area (Å²) < 4.78 is 5.59. The van der Waals surface area contributed by atoms with E-state index in [9.17, 15) is 4.79 Å². The Morgan fingerprint density at radius 3 is 2.76 bits per heavy atom. The molecule has 0 spiro atoms. The molecule has 0 bridgehead atoms. The van der Waals surface area contributed by atoms with Crippen LogP contribution in [0, 0.1) is 0 Å². The minimum absolute atomic E-state index is 0.0173. The SMILES string of the molecule is Cn1cnnc1[C@H]1CCCN(C(=O)c2cnn(C)c2-n2cccc2)C1. The highest BCUT2D eigenvalue weighted by molar-refractivity contribution is 5.97. The maximum Gasteiger partial charge on any atom is 0.259 e. The molecule has 3 aromatic rings. The fourth-order valence-electron chi connectivity index (χ4n) is 3.57. The highest BCUT2D eigenvalue weighted by Crippen LogP contribution is 2.27. The van der Waals surface area contributed by atoms with Crippen LogP contribution in [0.3, 0.4) is 0 Å². The van der Waals surface area contributed by atoms with Crippen LogP contribution < -0.4 is 0 Å². The van der Waals surface area contributed by atoms with E-state index in [1.54, 1.807) is 17.2 Å². The predicted octanol–water partition coefficient (Wildman–Crippen LogP) is 1.36.